The molecule has 0 bridgehead atoms. The zero-order chi connectivity index (χ0) is 49.2. The lowest BCUT2D eigenvalue weighted by Gasteiger charge is -2.26. The summed E-state index contributed by atoms with van der Waals surface area (Å²) in [4.78, 5) is 0. The number of aromatic nitrogens is 4. The Morgan fingerprint density at radius 3 is 1.11 bits per heavy atom. The molecule has 0 unspecified atom stereocenters. The predicted octanol–water partition coefficient (Wildman–Crippen LogP) is 16.5. The molecule has 0 aliphatic carbocycles. The van der Waals surface area contributed by atoms with E-state index in [1.807, 2.05) is 36.4 Å². The second-order valence-corrected chi connectivity index (χ2v) is 18.9. The Hall–Kier alpha value is -10.7. The molecule has 0 N–H and O–H groups in total. The molecule has 0 spiro atoms. The maximum atomic E-state index is 12.2. The van der Waals surface area contributed by atoms with Crippen molar-refractivity contribution in [3.63, 3.8) is 0 Å². The van der Waals surface area contributed by atoms with Crippen LogP contribution in [-0.2, 0) is 0 Å². The number of fused-ring (bicyclic) bond motifs is 14. The smallest absolute Gasteiger partial charge is 0.102 e. The van der Waals surface area contributed by atoms with Crippen LogP contribution in [0.15, 0.2) is 224 Å². The first-order chi connectivity index (χ1) is 36.6. The Morgan fingerprint density at radius 2 is 0.662 bits per heavy atom. The average Bonchev–Trinajstić information content (AvgIpc) is 4.21. The van der Waals surface area contributed by atoms with Crippen molar-refractivity contribution in [3.05, 3.63) is 241 Å². The Bertz CT molecular complexity index is 4740. The van der Waals surface area contributed by atoms with Crippen molar-refractivity contribution < 1.29 is 0 Å². The molecule has 15 aromatic rings. The second kappa shape index (κ2) is 15.7. The SMILES string of the molecule is N#Cc1ccc(-c2c(C#N)c(-n3c4ccccc4c4ccccc43)c(-n3c4ccc(-n5c6ccccc6c6ccccc65)cc4c4c5ccccc5ccc43)c(-n3c4ccccc4c4ccccc43)c2C#N)cc1. The van der Waals surface area contributed by atoms with Gasteiger partial charge in [0.15, 0.2) is 0 Å². The van der Waals surface area contributed by atoms with Crippen LogP contribution in [0.25, 0.3) is 132 Å². The third-order valence-electron chi connectivity index (χ3n) is 15.3. The Morgan fingerprint density at radius 1 is 0.284 bits per heavy atom. The molecule has 0 radical (unpaired) electrons. The zero-order valence-electron chi connectivity index (χ0n) is 39.5. The zero-order valence-corrected chi connectivity index (χ0v) is 39.5. The molecular weight excluding hydrogens is 903 g/mol. The molecule has 74 heavy (non-hydrogen) atoms. The predicted molar refractivity (Wildman–Crippen MR) is 301 cm³/mol. The summed E-state index contributed by atoms with van der Waals surface area (Å²) in [5, 5.41) is 45.1. The van der Waals surface area contributed by atoms with Crippen molar-refractivity contribution in [2.45, 2.75) is 0 Å². The molecule has 0 atom stereocenters. The molecule has 7 heteroatoms. The summed E-state index contributed by atoms with van der Waals surface area (Å²) in [6.45, 7) is 0. The molecule has 0 saturated carbocycles. The van der Waals surface area contributed by atoms with Crippen molar-refractivity contribution in [2.75, 3.05) is 0 Å². The number of para-hydroxylation sites is 6. The van der Waals surface area contributed by atoms with Crippen LogP contribution in [0.4, 0.5) is 0 Å². The van der Waals surface area contributed by atoms with Gasteiger partial charge in [-0.15, -0.1) is 0 Å². The molecule has 0 aliphatic rings. The highest BCUT2D eigenvalue weighted by Crippen LogP contribution is 2.50. The molecule has 0 fully saturated rings. The lowest BCUT2D eigenvalue weighted by atomic mass is 9.90. The van der Waals surface area contributed by atoms with Crippen LogP contribution in [0.3, 0.4) is 0 Å². The number of nitrogens with zero attached hydrogens (tertiary/aromatic N) is 7. The van der Waals surface area contributed by atoms with Crippen LogP contribution in [0, 0.1) is 34.0 Å². The highest BCUT2D eigenvalue weighted by molar-refractivity contribution is 6.23. The number of nitriles is 3. The molecule has 0 amide bonds. The lowest BCUT2D eigenvalue weighted by Crippen LogP contribution is -2.15. The summed E-state index contributed by atoms with van der Waals surface area (Å²) in [6, 6.07) is 85.4. The Kier molecular flexibility index (Phi) is 8.72. The van der Waals surface area contributed by atoms with Gasteiger partial charge in [0.05, 0.1) is 84.0 Å². The van der Waals surface area contributed by atoms with E-state index in [4.69, 9.17) is 0 Å². The minimum Gasteiger partial charge on any atom is -0.309 e. The maximum Gasteiger partial charge on any atom is 0.102 e. The van der Waals surface area contributed by atoms with Gasteiger partial charge in [0, 0.05) is 54.3 Å². The molecule has 7 nitrogen and oxygen atoms in total. The van der Waals surface area contributed by atoms with E-state index in [2.05, 4.69) is 212 Å². The first-order valence-electron chi connectivity index (χ1n) is 24.6. The molecule has 4 heterocycles. The third-order valence-corrected chi connectivity index (χ3v) is 15.3. The fourth-order valence-electron chi connectivity index (χ4n) is 12.3. The molecule has 340 valence electrons. The number of hydrogen-bond acceptors (Lipinski definition) is 3. The Labute approximate surface area is 423 Å². The molecule has 4 aromatic heterocycles. The van der Waals surface area contributed by atoms with E-state index < -0.39 is 0 Å². The molecule has 15 rings (SSSR count). The summed E-state index contributed by atoms with van der Waals surface area (Å²) in [5.41, 5.74) is 12.9. The minimum atomic E-state index is 0.329. The van der Waals surface area contributed by atoms with Crippen LogP contribution in [0.1, 0.15) is 16.7 Å². The second-order valence-electron chi connectivity index (χ2n) is 18.9. The summed E-state index contributed by atoms with van der Waals surface area (Å²) >= 11 is 0. The van der Waals surface area contributed by atoms with Crippen molar-refractivity contribution in [2.24, 2.45) is 0 Å². The average molecular weight is 940 g/mol. The largest absolute Gasteiger partial charge is 0.309 e. The van der Waals surface area contributed by atoms with Gasteiger partial charge in [0.25, 0.3) is 0 Å². The minimum absolute atomic E-state index is 0.329. The van der Waals surface area contributed by atoms with Crippen molar-refractivity contribution in [1.82, 2.24) is 18.3 Å². The molecular formula is C67H37N7. The van der Waals surface area contributed by atoms with Gasteiger partial charge in [0.1, 0.15) is 12.1 Å². The first kappa shape index (κ1) is 41.2. The van der Waals surface area contributed by atoms with Crippen LogP contribution in [0.5, 0.6) is 0 Å². The summed E-state index contributed by atoms with van der Waals surface area (Å²) in [5.74, 6) is 0. The van der Waals surface area contributed by atoms with Gasteiger partial charge in [-0.05, 0) is 89.1 Å². The lowest BCUT2D eigenvalue weighted by molar-refractivity contribution is 1.04. The van der Waals surface area contributed by atoms with Gasteiger partial charge in [-0.25, -0.2) is 0 Å². The van der Waals surface area contributed by atoms with E-state index in [-0.39, 0.29) is 0 Å². The number of benzene rings is 11. The van der Waals surface area contributed by atoms with Crippen molar-refractivity contribution >= 4 is 98.0 Å². The van der Waals surface area contributed by atoms with E-state index in [0.717, 1.165) is 92.9 Å². The van der Waals surface area contributed by atoms with E-state index in [1.165, 1.54) is 10.8 Å². The van der Waals surface area contributed by atoms with Gasteiger partial charge >= 0.3 is 0 Å². The molecule has 0 saturated heterocycles. The van der Waals surface area contributed by atoms with Gasteiger partial charge in [-0.3, -0.25) is 0 Å². The van der Waals surface area contributed by atoms with Crippen molar-refractivity contribution in [3.8, 4) is 52.1 Å². The van der Waals surface area contributed by atoms with Crippen LogP contribution >= 0.6 is 0 Å². The summed E-state index contributed by atoms with van der Waals surface area (Å²) in [6.07, 6.45) is 0. The van der Waals surface area contributed by atoms with E-state index >= 15 is 0 Å². The summed E-state index contributed by atoms with van der Waals surface area (Å²) < 4.78 is 9.18. The monoisotopic (exact) mass is 939 g/mol. The van der Waals surface area contributed by atoms with E-state index in [1.54, 1.807) is 12.1 Å². The highest BCUT2D eigenvalue weighted by atomic mass is 15.1. The highest BCUT2D eigenvalue weighted by Gasteiger charge is 2.33. The normalized spacial score (nSPS) is 11.7. The third kappa shape index (κ3) is 5.57. The molecule has 11 aromatic carbocycles. The quantitative estimate of drug-likeness (QED) is 0.172. The van der Waals surface area contributed by atoms with E-state index in [0.29, 0.717) is 44.9 Å². The van der Waals surface area contributed by atoms with Crippen LogP contribution < -0.4 is 0 Å². The number of rotatable bonds is 5. The van der Waals surface area contributed by atoms with E-state index in [9.17, 15) is 15.8 Å². The standard InChI is InChI=1S/C67H37N7/c68-38-41-29-31-43(32-30-41)63-53(39-69)65(72-57-25-11-5-19-48(57)49-20-6-12-26-58(49)72)67(66(54(63)40-70)73-59-27-13-7-21-50(59)51-22-8-14-28-60(51)73)74-61-36-34-44(37-52(61)64-45-16-2-1-15-42(45)33-35-62(64)74)71-55-23-9-3-17-46(55)47-18-4-10-24-56(47)71/h1-37H. The van der Waals surface area contributed by atoms with Crippen LogP contribution in [0.2, 0.25) is 0 Å². The van der Waals surface area contributed by atoms with Gasteiger partial charge in [-0.1, -0.05) is 152 Å². The number of hydrogen-bond donors (Lipinski definition) is 0. The fourth-order valence-corrected chi connectivity index (χ4v) is 12.3. The van der Waals surface area contributed by atoms with Gasteiger partial charge in [-0.2, -0.15) is 15.8 Å². The molecule has 0 aliphatic heterocycles. The summed E-state index contributed by atoms with van der Waals surface area (Å²) in [7, 11) is 0. The maximum absolute atomic E-state index is 12.2. The van der Waals surface area contributed by atoms with Crippen molar-refractivity contribution in [1.29, 1.82) is 15.8 Å². The first-order valence-corrected chi connectivity index (χ1v) is 24.6. The Balaban J connectivity index is 1.22. The topological polar surface area (TPSA) is 91.1 Å². The van der Waals surface area contributed by atoms with Gasteiger partial charge < -0.3 is 18.3 Å². The van der Waals surface area contributed by atoms with Crippen LogP contribution in [-0.4, -0.2) is 18.3 Å². The fraction of sp³-hybridized carbons (Fsp3) is 0. The van der Waals surface area contributed by atoms with Gasteiger partial charge in [0.2, 0.25) is 0 Å².